The van der Waals surface area contributed by atoms with Gasteiger partial charge in [-0.15, -0.1) is 0 Å². The molecule has 1 aromatic carbocycles. The number of carbonyl (C=O) groups excluding carboxylic acids is 2. The van der Waals surface area contributed by atoms with Crippen molar-refractivity contribution in [3.8, 4) is 5.75 Å². The van der Waals surface area contributed by atoms with Crippen molar-refractivity contribution in [2.75, 3.05) is 39.5 Å². The van der Waals surface area contributed by atoms with Crippen LogP contribution in [0.15, 0.2) is 36.4 Å². The Balaban J connectivity index is 0.000000447. The average Bonchev–Trinajstić information content (AvgIpc) is 2.66. The van der Waals surface area contributed by atoms with Gasteiger partial charge in [0.05, 0.1) is 42.1 Å². The van der Waals surface area contributed by atoms with Gasteiger partial charge in [0.15, 0.2) is 0 Å². The number of hydrogen-bond donors (Lipinski definition) is 0. The molecule has 1 heterocycles. The second kappa shape index (κ2) is 11.8. The van der Waals surface area contributed by atoms with E-state index in [1.54, 1.807) is 12.1 Å². The monoisotopic (exact) mass is 408 g/mol. The van der Waals surface area contributed by atoms with Crippen LogP contribution >= 0.6 is 0 Å². The Morgan fingerprint density at radius 3 is 2.00 bits per heavy atom. The summed E-state index contributed by atoms with van der Waals surface area (Å²) in [6.45, 7) is 9.24. The first-order valence-electron chi connectivity index (χ1n) is 8.98. The Morgan fingerprint density at radius 2 is 1.66 bits per heavy atom. The maximum atomic E-state index is 10.6. The molecule has 160 valence electrons. The molecular weight excluding hydrogens is 384 g/mol. The molecule has 29 heavy (non-hydrogen) atoms. The Hall–Kier alpha value is -2.98. The molecule has 1 saturated heterocycles. The number of aliphatic carboxylic acids is 2. The van der Waals surface area contributed by atoms with Crippen LogP contribution in [0.5, 0.6) is 5.75 Å². The summed E-state index contributed by atoms with van der Waals surface area (Å²) in [7, 11) is 0. The Bertz CT molecular complexity index is 693. The summed E-state index contributed by atoms with van der Waals surface area (Å²) in [5, 5.41) is 29.4. The van der Waals surface area contributed by atoms with Crippen LogP contribution in [-0.2, 0) is 14.3 Å². The average molecular weight is 408 g/mol. The van der Waals surface area contributed by atoms with Gasteiger partial charge in [-0.25, -0.2) is 0 Å². The quantitative estimate of drug-likeness (QED) is 0.281. The minimum absolute atomic E-state index is 0.0355. The third-order valence-corrected chi connectivity index (χ3v) is 4.22. The van der Waals surface area contributed by atoms with Crippen LogP contribution in [0.25, 0.3) is 0 Å². The number of nitro benzene ring substituents is 1. The largest absolute Gasteiger partial charge is 0.545 e. The van der Waals surface area contributed by atoms with Crippen LogP contribution in [0.2, 0.25) is 0 Å². The van der Waals surface area contributed by atoms with Crippen LogP contribution in [0.3, 0.4) is 0 Å². The van der Waals surface area contributed by atoms with Crippen molar-refractivity contribution < 1.29 is 34.2 Å². The lowest BCUT2D eigenvalue weighted by molar-refractivity contribution is -0.384. The van der Waals surface area contributed by atoms with Gasteiger partial charge in [-0.05, 0) is 37.4 Å². The fourth-order valence-electron chi connectivity index (χ4n) is 2.57. The summed E-state index contributed by atoms with van der Waals surface area (Å²) < 4.78 is 11.2. The van der Waals surface area contributed by atoms with E-state index in [2.05, 4.69) is 18.7 Å². The molecule has 0 N–H and O–H groups in total. The molecule has 0 bridgehead atoms. The van der Waals surface area contributed by atoms with Crippen LogP contribution < -0.4 is 14.9 Å². The number of nitrogens with zero attached hydrogens (tertiary/aromatic N) is 2. The first-order chi connectivity index (χ1) is 13.7. The SMILES string of the molecule is CCN(CC)CC1(COc2ccc([N+](=O)[O-])cc2)COC1.O=C([O-])C=CC(=O)[O-]. The molecule has 0 atom stereocenters. The summed E-state index contributed by atoms with van der Waals surface area (Å²) in [4.78, 5) is 31.4. The molecule has 1 fully saturated rings. The summed E-state index contributed by atoms with van der Waals surface area (Å²) in [5.74, 6) is -2.44. The summed E-state index contributed by atoms with van der Waals surface area (Å²) in [6, 6.07) is 6.21. The van der Waals surface area contributed by atoms with Crippen molar-refractivity contribution in [3.63, 3.8) is 0 Å². The lowest BCUT2D eigenvalue weighted by atomic mass is 9.86. The van der Waals surface area contributed by atoms with E-state index in [-0.39, 0.29) is 11.1 Å². The highest BCUT2D eigenvalue weighted by Crippen LogP contribution is 2.30. The number of nitro groups is 1. The first-order valence-corrected chi connectivity index (χ1v) is 8.98. The molecule has 10 heteroatoms. The van der Waals surface area contributed by atoms with Gasteiger partial charge >= 0.3 is 0 Å². The molecule has 0 aliphatic carbocycles. The van der Waals surface area contributed by atoms with E-state index in [9.17, 15) is 29.9 Å². The lowest BCUT2D eigenvalue weighted by Crippen LogP contribution is -2.54. The number of rotatable bonds is 10. The second-order valence-electron chi connectivity index (χ2n) is 6.47. The standard InChI is InChI=1S/C15H22N2O4.C4H4O4/c1-3-16(4-2)9-15(10-20-11-15)12-21-14-7-5-13(6-8-14)17(18)19;5-3(6)1-2-4(7)8/h5-8H,3-4,9-12H2,1-2H3;1-2H,(H,5,6)(H,7,8)/p-2. The third kappa shape index (κ3) is 8.71. The zero-order valence-electron chi connectivity index (χ0n) is 16.4. The Morgan fingerprint density at radius 1 is 1.14 bits per heavy atom. The lowest BCUT2D eigenvalue weighted by Gasteiger charge is -2.43. The second-order valence-corrected chi connectivity index (χ2v) is 6.47. The van der Waals surface area contributed by atoms with E-state index in [1.165, 1.54) is 12.1 Å². The van der Waals surface area contributed by atoms with Crippen LogP contribution in [0.4, 0.5) is 5.69 Å². The van der Waals surface area contributed by atoms with E-state index in [0.29, 0.717) is 37.7 Å². The third-order valence-electron chi connectivity index (χ3n) is 4.22. The predicted molar refractivity (Wildman–Crippen MR) is 98.8 cm³/mol. The van der Waals surface area contributed by atoms with E-state index in [4.69, 9.17) is 9.47 Å². The fourth-order valence-corrected chi connectivity index (χ4v) is 2.57. The molecule has 0 radical (unpaired) electrons. The van der Waals surface area contributed by atoms with Gasteiger partial charge in [-0.2, -0.15) is 0 Å². The van der Waals surface area contributed by atoms with Gasteiger partial charge in [0.25, 0.3) is 5.69 Å². The molecule has 0 unspecified atom stereocenters. The zero-order valence-corrected chi connectivity index (χ0v) is 16.4. The maximum Gasteiger partial charge on any atom is 0.269 e. The molecule has 1 aromatic rings. The predicted octanol–water partition coefficient (Wildman–Crippen LogP) is -0.626. The van der Waals surface area contributed by atoms with E-state index < -0.39 is 16.9 Å². The number of benzene rings is 1. The number of non-ortho nitro benzene ring substituents is 1. The summed E-state index contributed by atoms with van der Waals surface area (Å²) in [6.07, 6.45) is 0.769. The molecule has 0 spiro atoms. The molecule has 0 amide bonds. The maximum absolute atomic E-state index is 10.6. The number of hydrogen-bond acceptors (Lipinski definition) is 9. The van der Waals surface area contributed by atoms with Gasteiger partial charge < -0.3 is 34.2 Å². The number of carboxylic acids is 2. The number of ether oxygens (including phenoxy) is 2. The van der Waals surface area contributed by atoms with Gasteiger partial charge in [0, 0.05) is 18.7 Å². The van der Waals surface area contributed by atoms with Crippen molar-refractivity contribution in [1.29, 1.82) is 0 Å². The molecule has 0 saturated carbocycles. The van der Waals surface area contributed by atoms with Crippen LogP contribution in [-0.4, -0.2) is 61.2 Å². The van der Waals surface area contributed by atoms with Crippen molar-refractivity contribution in [3.05, 3.63) is 46.5 Å². The fraction of sp³-hybridized carbons (Fsp3) is 0.474. The van der Waals surface area contributed by atoms with Crippen LogP contribution in [0.1, 0.15) is 13.8 Å². The van der Waals surface area contributed by atoms with Crippen molar-refractivity contribution in [2.45, 2.75) is 13.8 Å². The Labute approximate surface area is 168 Å². The molecule has 1 aliphatic rings. The summed E-state index contributed by atoms with van der Waals surface area (Å²) in [5.41, 5.74) is 0.112. The zero-order chi connectivity index (χ0) is 21.9. The number of carboxylic acid groups (broad SMARTS) is 2. The molecule has 2 rings (SSSR count). The minimum atomic E-state index is -1.55. The van der Waals surface area contributed by atoms with Crippen molar-refractivity contribution >= 4 is 17.6 Å². The minimum Gasteiger partial charge on any atom is -0.545 e. The highest BCUT2D eigenvalue weighted by atomic mass is 16.6. The van der Waals surface area contributed by atoms with E-state index in [1.807, 2.05) is 0 Å². The smallest absolute Gasteiger partial charge is 0.269 e. The number of carbonyl (C=O) groups is 2. The van der Waals surface area contributed by atoms with E-state index in [0.717, 1.165) is 19.6 Å². The molecule has 10 nitrogen and oxygen atoms in total. The molecule has 1 aliphatic heterocycles. The summed E-state index contributed by atoms with van der Waals surface area (Å²) >= 11 is 0. The highest BCUT2D eigenvalue weighted by molar-refractivity contribution is 5.87. The van der Waals surface area contributed by atoms with Crippen molar-refractivity contribution in [1.82, 2.24) is 4.90 Å². The van der Waals surface area contributed by atoms with Gasteiger partial charge in [0.2, 0.25) is 0 Å². The Kier molecular flexibility index (Phi) is 9.76. The van der Waals surface area contributed by atoms with E-state index >= 15 is 0 Å². The van der Waals surface area contributed by atoms with Crippen LogP contribution in [0, 0.1) is 15.5 Å². The topological polar surface area (TPSA) is 145 Å². The van der Waals surface area contributed by atoms with Crippen molar-refractivity contribution in [2.24, 2.45) is 5.41 Å². The highest BCUT2D eigenvalue weighted by Gasteiger charge is 2.40. The molecular formula is C19H24N2O8-2. The van der Waals surface area contributed by atoms with Gasteiger partial charge in [-0.1, -0.05) is 13.8 Å². The van der Waals surface area contributed by atoms with Gasteiger partial charge in [-0.3, -0.25) is 10.1 Å². The normalized spacial score (nSPS) is 14.6. The van der Waals surface area contributed by atoms with Gasteiger partial charge in [0.1, 0.15) is 5.75 Å². The first kappa shape index (κ1) is 24.1. The molecule has 0 aromatic heterocycles.